The van der Waals surface area contributed by atoms with Gasteiger partial charge in [0.1, 0.15) is 5.51 Å². The minimum Gasteiger partial charge on any atom is -0.378 e. The van der Waals surface area contributed by atoms with Crippen LogP contribution in [0.3, 0.4) is 0 Å². The number of hydrogen-bond acceptors (Lipinski definition) is 4. The highest BCUT2D eigenvalue weighted by Crippen LogP contribution is 2.11. The van der Waals surface area contributed by atoms with Crippen molar-refractivity contribution in [1.29, 1.82) is 0 Å². The average molecular weight is 160 g/mol. The Labute approximate surface area is 61.2 Å². The molecule has 0 aliphatic heterocycles. The second kappa shape index (κ2) is 2.79. The van der Waals surface area contributed by atoms with Gasteiger partial charge in [-0.25, -0.2) is 0 Å². The summed E-state index contributed by atoms with van der Waals surface area (Å²) in [5.41, 5.74) is 6.72. The van der Waals surface area contributed by atoms with Crippen molar-refractivity contribution in [3.05, 3.63) is 5.51 Å². The van der Waals surface area contributed by atoms with E-state index < -0.39 is 0 Å². The summed E-state index contributed by atoms with van der Waals surface area (Å²) in [5, 5.41) is 7.89. The van der Waals surface area contributed by atoms with Gasteiger partial charge < -0.3 is 5.73 Å². The largest absolute Gasteiger partial charge is 0.378 e. The van der Waals surface area contributed by atoms with E-state index in [9.17, 15) is 0 Å². The molecule has 6 heteroatoms. The van der Waals surface area contributed by atoms with Crippen molar-refractivity contribution in [1.82, 2.24) is 10.2 Å². The Kier molecular flexibility index (Phi) is 2.01. The molecule has 0 saturated carbocycles. The molecule has 0 aromatic carbocycles. The quantitative estimate of drug-likeness (QED) is 0.355. The zero-order valence-electron chi connectivity index (χ0n) is 4.35. The van der Waals surface area contributed by atoms with Crippen molar-refractivity contribution in [3.63, 3.8) is 0 Å². The third-order valence-corrected chi connectivity index (χ3v) is 1.24. The lowest BCUT2D eigenvalue weighted by Gasteiger charge is -1.81. The Morgan fingerprint density at radius 3 is 3.11 bits per heavy atom. The predicted octanol–water partition coefficient (Wildman–Crippen LogP) is 0.414. The van der Waals surface area contributed by atoms with Crippen molar-refractivity contribution < 1.29 is 0 Å². The van der Waals surface area contributed by atoms with Gasteiger partial charge in [0, 0.05) is 0 Å². The van der Waals surface area contributed by atoms with E-state index in [2.05, 4.69) is 27.8 Å². The van der Waals surface area contributed by atoms with Gasteiger partial charge in [-0.2, -0.15) is 4.99 Å². The van der Waals surface area contributed by atoms with Gasteiger partial charge in [-0.05, 0) is 0 Å². The number of nitrogens with zero attached hydrogens (tertiary/aromatic N) is 3. The number of rotatable bonds is 1. The molecule has 1 rings (SSSR count). The zero-order chi connectivity index (χ0) is 6.69. The van der Waals surface area contributed by atoms with Crippen LogP contribution in [0, 0.1) is 0 Å². The van der Waals surface area contributed by atoms with Crippen LogP contribution in [-0.4, -0.2) is 15.4 Å². The average Bonchev–Trinajstić information content (AvgIpc) is 2.15. The molecule has 4 nitrogen and oxygen atoms in total. The highest BCUT2D eigenvalue weighted by atomic mass is 32.1. The second-order valence-corrected chi connectivity index (χ2v) is 2.46. The molecule has 0 fully saturated rings. The fourth-order valence-corrected chi connectivity index (χ4v) is 0.910. The maximum absolute atomic E-state index is 5.14. The van der Waals surface area contributed by atoms with Gasteiger partial charge in [0.05, 0.1) is 0 Å². The first-order valence-corrected chi connectivity index (χ1v) is 3.41. The predicted molar refractivity (Wildman–Crippen MR) is 40.2 cm³/mol. The molecule has 0 amide bonds. The van der Waals surface area contributed by atoms with E-state index in [1.807, 2.05) is 0 Å². The molecule has 1 aromatic rings. The highest BCUT2D eigenvalue weighted by molar-refractivity contribution is 7.96. The van der Waals surface area contributed by atoms with Crippen LogP contribution in [0.2, 0.25) is 0 Å². The third kappa shape index (κ3) is 1.98. The van der Waals surface area contributed by atoms with E-state index in [0.29, 0.717) is 5.13 Å². The van der Waals surface area contributed by atoms with Gasteiger partial charge in [0.2, 0.25) is 5.13 Å². The molecule has 0 saturated heterocycles. The van der Waals surface area contributed by atoms with E-state index in [-0.39, 0.29) is 5.17 Å². The molecule has 2 N–H and O–H groups in total. The normalized spacial score (nSPS) is 11.9. The molecular formula is C3H4N4S2. The lowest BCUT2D eigenvalue weighted by atomic mass is 11.2. The SMILES string of the molecule is NC(S)=Nc1nncs1. The Balaban J connectivity index is 2.80. The number of aromatic nitrogens is 2. The van der Waals surface area contributed by atoms with E-state index in [4.69, 9.17) is 5.73 Å². The van der Waals surface area contributed by atoms with Crippen LogP contribution in [0.25, 0.3) is 0 Å². The second-order valence-electron chi connectivity index (χ2n) is 1.19. The summed E-state index contributed by atoms with van der Waals surface area (Å²) >= 11 is 5.06. The molecule has 0 atom stereocenters. The van der Waals surface area contributed by atoms with Crippen LogP contribution in [0.15, 0.2) is 10.5 Å². The van der Waals surface area contributed by atoms with Crippen molar-refractivity contribution in [2.24, 2.45) is 10.7 Å². The van der Waals surface area contributed by atoms with E-state index in [0.717, 1.165) is 0 Å². The minimum absolute atomic E-state index is 0.201. The lowest BCUT2D eigenvalue weighted by molar-refractivity contribution is 1.08. The first-order chi connectivity index (χ1) is 4.29. The molecule has 1 heterocycles. The number of hydrogen-bond donors (Lipinski definition) is 2. The van der Waals surface area contributed by atoms with Crippen molar-refractivity contribution in [2.75, 3.05) is 0 Å². The number of thiol groups is 1. The molecule has 48 valence electrons. The van der Waals surface area contributed by atoms with Gasteiger partial charge >= 0.3 is 0 Å². The summed E-state index contributed by atoms with van der Waals surface area (Å²) < 4.78 is 0. The van der Waals surface area contributed by atoms with Crippen LogP contribution in [-0.2, 0) is 0 Å². The van der Waals surface area contributed by atoms with Crippen LogP contribution in [0.5, 0.6) is 0 Å². The molecule has 1 aromatic heterocycles. The first kappa shape index (κ1) is 6.50. The van der Waals surface area contributed by atoms with Gasteiger partial charge in [-0.3, -0.25) is 0 Å². The fourth-order valence-electron chi connectivity index (χ4n) is 0.314. The number of amidine groups is 1. The summed E-state index contributed by atoms with van der Waals surface area (Å²) in [4.78, 5) is 3.72. The summed E-state index contributed by atoms with van der Waals surface area (Å²) in [6, 6.07) is 0. The van der Waals surface area contributed by atoms with E-state index in [1.165, 1.54) is 11.3 Å². The standard InChI is InChI=1S/C3H4N4S2/c4-2(8)6-3-7-5-1-9-3/h1H,(H3,4,6,7,8). The number of aliphatic imine (C=N–C) groups is 1. The molecule has 0 aliphatic rings. The Bertz CT molecular complexity index is 200. The zero-order valence-corrected chi connectivity index (χ0v) is 6.06. The molecule has 0 spiro atoms. The van der Waals surface area contributed by atoms with Gasteiger partial charge in [0.25, 0.3) is 0 Å². The molecular weight excluding hydrogens is 156 g/mol. The minimum atomic E-state index is 0.201. The smallest absolute Gasteiger partial charge is 0.233 e. The summed E-state index contributed by atoms with van der Waals surface area (Å²) in [6.07, 6.45) is 0. The van der Waals surface area contributed by atoms with Crippen LogP contribution in [0.1, 0.15) is 0 Å². The van der Waals surface area contributed by atoms with Gasteiger partial charge in [-0.1, -0.05) is 11.3 Å². The van der Waals surface area contributed by atoms with Crippen molar-refractivity contribution in [3.8, 4) is 0 Å². The third-order valence-electron chi connectivity index (χ3n) is 0.559. The topological polar surface area (TPSA) is 64.2 Å². The molecule has 0 aliphatic carbocycles. The van der Waals surface area contributed by atoms with Crippen LogP contribution >= 0.6 is 24.0 Å². The lowest BCUT2D eigenvalue weighted by Crippen LogP contribution is -1.99. The van der Waals surface area contributed by atoms with Crippen LogP contribution < -0.4 is 5.73 Å². The molecule has 0 radical (unpaired) electrons. The summed E-state index contributed by atoms with van der Waals surface area (Å²) in [6.45, 7) is 0. The Hall–Kier alpha value is -0.620. The molecule has 0 unspecified atom stereocenters. The highest BCUT2D eigenvalue weighted by Gasteiger charge is 1.90. The fraction of sp³-hybridized carbons (Fsp3) is 0. The maximum Gasteiger partial charge on any atom is 0.233 e. The first-order valence-electron chi connectivity index (χ1n) is 2.08. The Morgan fingerprint density at radius 1 is 1.89 bits per heavy atom. The van der Waals surface area contributed by atoms with Crippen molar-refractivity contribution in [2.45, 2.75) is 0 Å². The number of nitrogens with two attached hydrogens (primary N) is 1. The summed E-state index contributed by atoms with van der Waals surface area (Å²) in [5.74, 6) is 0. The van der Waals surface area contributed by atoms with Crippen molar-refractivity contribution >= 4 is 34.3 Å². The van der Waals surface area contributed by atoms with Gasteiger partial charge in [-0.15, -0.1) is 22.8 Å². The molecule has 9 heavy (non-hydrogen) atoms. The summed E-state index contributed by atoms with van der Waals surface area (Å²) in [7, 11) is 0. The van der Waals surface area contributed by atoms with E-state index in [1.54, 1.807) is 5.51 Å². The van der Waals surface area contributed by atoms with Crippen LogP contribution in [0.4, 0.5) is 5.13 Å². The Morgan fingerprint density at radius 2 is 2.67 bits per heavy atom. The molecule has 0 bridgehead atoms. The maximum atomic E-state index is 5.14. The monoisotopic (exact) mass is 160 g/mol. The van der Waals surface area contributed by atoms with Gasteiger partial charge in [0.15, 0.2) is 5.17 Å². The van der Waals surface area contributed by atoms with E-state index >= 15 is 0 Å².